The number of rotatable bonds is 6. The van der Waals surface area contributed by atoms with Crippen LogP contribution in [-0.2, 0) is 5.41 Å². The molecule has 13 rings (SSSR count). The highest BCUT2D eigenvalue weighted by atomic mass is 15.0. The highest BCUT2D eigenvalue weighted by Crippen LogP contribution is 2.58. The van der Waals surface area contributed by atoms with Crippen molar-refractivity contribution >= 4 is 43.1 Å². The van der Waals surface area contributed by atoms with Gasteiger partial charge >= 0.3 is 0 Å². The van der Waals surface area contributed by atoms with E-state index < -0.39 is 5.41 Å². The summed E-state index contributed by atoms with van der Waals surface area (Å²) in [5.41, 5.74) is 11.7. The quantitative estimate of drug-likeness (QED) is 0.157. The molecule has 3 heteroatoms. The number of nitrogens with zero attached hydrogens (tertiary/aromatic N) is 3. The Bertz CT molecular complexity index is 3780. The molecule has 0 spiro atoms. The highest BCUT2D eigenvalue weighted by molar-refractivity contribution is 6.33. The van der Waals surface area contributed by atoms with Gasteiger partial charge in [0.25, 0.3) is 0 Å². The van der Waals surface area contributed by atoms with Crippen molar-refractivity contribution in [2.45, 2.75) is 5.41 Å². The second-order valence-corrected chi connectivity index (χ2v) is 17.0. The molecule has 1 aliphatic carbocycles. The van der Waals surface area contributed by atoms with Gasteiger partial charge in [-0.3, -0.25) is 0 Å². The molecule has 3 nitrogen and oxygen atoms in total. The van der Waals surface area contributed by atoms with E-state index in [0.717, 1.165) is 33.4 Å². The van der Waals surface area contributed by atoms with Gasteiger partial charge in [0.2, 0.25) is 0 Å². The summed E-state index contributed by atoms with van der Waals surface area (Å²) in [4.78, 5) is 16.3. The molecule has 0 atom stereocenters. The Morgan fingerprint density at radius 3 is 1.35 bits per heavy atom. The molecule has 0 saturated heterocycles. The van der Waals surface area contributed by atoms with Gasteiger partial charge in [-0.25, -0.2) is 15.0 Å². The van der Waals surface area contributed by atoms with Crippen molar-refractivity contribution in [1.82, 2.24) is 15.0 Å². The summed E-state index contributed by atoms with van der Waals surface area (Å²) in [6, 6.07) is 85.2. The van der Waals surface area contributed by atoms with E-state index in [2.05, 4.69) is 218 Å². The van der Waals surface area contributed by atoms with Crippen molar-refractivity contribution in [3.05, 3.63) is 259 Å². The van der Waals surface area contributed by atoms with Crippen LogP contribution in [0.2, 0.25) is 0 Å². The van der Waals surface area contributed by atoms with E-state index in [9.17, 15) is 0 Å². The van der Waals surface area contributed by atoms with Crippen LogP contribution in [0.25, 0.3) is 99.5 Å². The first-order valence-electron chi connectivity index (χ1n) is 22.3. The first-order valence-corrected chi connectivity index (χ1v) is 22.3. The van der Waals surface area contributed by atoms with Crippen LogP contribution in [0, 0.1) is 0 Å². The highest BCUT2D eigenvalue weighted by Gasteiger charge is 2.47. The van der Waals surface area contributed by atoms with Crippen LogP contribution >= 0.6 is 0 Å². The molecule has 0 fully saturated rings. The summed E-state index contributed by atoms with van der Waals surface area (Å²) < 4.78 is 0. The maximum atomic E-state index is 5.54. The molecular weight excluding hydrogens is 787 g/mol. The fourth-order valence-corrected chi connectivity index (χ4v) is 10.9. The Hall–Kier alpha value is -8.53. The third-order valence-electron chi connectivity index (χ3n) is 13.6. The molecule has 1 aromatic heterocycles. The molecule has 302 valence electrons. The minimum absolute atomic E-state index is 0.554. The molecule has 0 amide bonds. The van der Waals surface area contributed by atoms with Gasteiger partial charge < -0.3 is 0 Å². The average molecular weight is 826 g/mol. The van der Waals surface area contributed by atoms with Crippen LogP contribution < -0.4 is 0 Å². The average Bonchev–Trinajstić information content (AvgIpc) is 3.70. The van der Waals surface area contributed by atoms with Crippen molar-refractivity contribution < 1.29 is 0 Å². The van der Waals surface area contributed by atoms with Crippen LogP contribution in [0.4, 0.5) is 0 Å². The smallest absolute Gasteiger partial charge is 0.164 e. The summed E-state index contributed by atoms with van der Waals surface area (Å²) in [6.07, 6.45) is 0. The van der Waals surface area contributed by atoms with Crippen molar-refractivity contribution in [3.8, 4) is 56.4 Å². The summed E-state index contributed by atoms with van der Waals surface area (Å²) >= 11 is 0. The number of hydrogen-bond acceptors (Lipinski definition) is 3. The van der Waals surface area contributed by atoms with Gasteiger partial charge in [0.05, 0.1) is 5.41 Å². The van der Waals surface area contributed by atoms with Crippen LogP contribution in [0.1, 0.15) is 22.3 Å². The minimum Gasteiger partial charge on any atom is -0.208 e. The zero-order chi connectivity index (χ0) is 42.9. The van der Waals surface area contributed by atoms with Gasteiger partial charge in [0.1, 0.15) is 0 Å². The second kappa shape index (κ2) is 14.8. The molecule has 65 heavy (non-hydrogen) atoms. The summed E-state index contributed by atoms with van der Waals surface area (Å²) in [5.74, 6) is 1.88. The Balaban J connectivity index is 1.09. The van der Waals surface area contributed by atoms with Gasteiger partial charge in [-0.15, -0.1) is 0 Å². The molecule has 0 N–H and O–H groups in total. The summed E-state index contributed by atoms with van der Waals surface area (Å²) in [7, 11) is 0. The molecule has 1 aliphatic rings. The van der Waals surface area contributed by atoms with E-state index in [1.165, 1.54) is 70.9 Å². The van der Waals surface area contributed by atoms with E-state index in [-0.39, 0.29) is 0 Å². The van der Waals surface area contributed by atoms with Crippen LogP contribution in [0.5, 0.6) is 0 Å². The lowest BCUT2D eigenvalue weighted by Crippen LogP contribution is -2.28. The Morgan fingerprint density at radius 1 is 0.262 bits per heavy atom. The van der Waals surface area contributed by atoms with Crippen LogP contribution in [0.3, 0.4) is 0 Å². The normalized spacial score (nSPS) is 12.7. The Kier molecular flexibility index (Phi) is 8.44. The predicted octanol–water partition coefficient (Wildman–Crippen LogP) is 15.5. The Labute approximate surface area is 377 Å². The van der Waals surface area contributed by atoms with Crippen molar-refractivity contribution in [3.63, 3.8) is 0 Å². The molecular formula is C62H39N3. The van der Waals surface area contributed by atoms with Gasteiger partial charge in [0.15, 0.2) is 17.5 Å². The maximum Gasteiger partial charge on any atom is 0.164 e. The fourth-order valence-electron chi connectivity index (χ4n) is 10.9. The van der Waals surface area contributed by atoms with Gasteiger partial charge in [-0.1, -0.05) is 231 Å². The first kappa shape index (κ1) is 37.1. The topological polar surface area (TPSA) is 38.7 Å². The maximum absolute atomic E-state index is 5.54. The number of aromatic nitrogens is 3. The third-order valence-corrected chi connectivity index (χ3v) is 13.6. The lowest BCUT2D eigenvalue weighted by Gasteiger charge is -2.33. The van der Waals surface area contributed by atoms with Gasteiger partial charge in [-0.05, 0) is 93.7 Å². The van der Waals surface area contributed by atoms with Crippen LogP contribution in [-0.4, -0.2) is 15.0 Å². The number of hydrogen-bond donors (Lipinski definition) is 0. The second-order valence-electron chi connectivity index (χ2n) is 17.0. The minimum atomic E-state index is -0.554. The molecule has 0 saturated carbocycles. The molecule has 1 heterocycles. The van der Waals surface area contributed by atoms with Crippen LogP contribution in [0.15, 0.2) is 237 Å². The standard InChI is InChI=1S/C62H39N3/c1-4-21-40(22-5-1)59-63-60(50-34-17-14-31-47(50)53-39-54-45-29-11-10-27-43(45)44-28-12-15-32-48(44)57(54)49-33-16-13-30-46(49)53)65-61(64-59)52-36-20-38-56-58(52)51-35-18-19-37-55(51)62(56,41-23-6-2-7-24-41)42-25-8-3-9-26-42/h1-39H. The first-order chi connectivity index (χ1) is 32.3. The van der Waals surface area contributed by atoms with E-state index >= 15 is 0 Å². The van der Waals surface area contributed by atoms with E-state index in [1.807, 2.05) is 18.2 Å². The van der Waals surface area contributed by atoms with Crippen molar-refractivity contribution in [1.29, 1.82) is 0 Å². The lowest BCUT2D eigenvalue weighted by atomic mass is 9.67. The zero-order valence-electron chi connectivity index (χ0n) is 35.4. The number of fused-ring (bicyclic) bond motifs is 11. The molecule has 12 aromatic rings. The van der Waals surface area contributed by atoms with E-state index in [4.69, 9.17) is 15.0 Å². The van der Waals surface area contributed by atoms with Gasteiger partial charge in [-0.2, -0.15) is 0 Å². The molecule has 11 aromatic carbocycles. The Morgan fingerprint density at radius 2 is 0.692 bits per heavy atom. The monoisotopic (exact) mass is 825 g/mol. The molecule has 0 bridgehead atoms. The van der Waals surface area contributed by atoms with E-state index in [0.29, 0.717) is 17.5 Å². The zero-order valence-corrected chi connectivity index (χ0v) is 35.4. The third kappa shape index (κ3) is 5.59. The predicted molar refractivity (Wildman–Crippen MR) is 269 cm³/mol. The van der Waals surface area contributed by atoms with Crippen molar-refractivity contribution in [2.75, 3.05) is 0 Å². The summed E-state index contributed by atoms with van der Waals surface area (Å²) in [6.45, 7) is 0. The molecule has 0 radical (unpaired) electrons. The molecule has 0 aliphatic heterocycles. The largest absolute Gasteiger partial charge is 0.208 e. The van der Waals surface area contributed by atoms with Gasteiger partial charge in [0, 0.05) is 16.7 Å². The fraction of sp³-hybridized carbons (Fsp3) is 0.0161. The lowest BCUT2D eigenvalue weighted by molar-refractivity contribution is 0.768. The van der Waals surface area contributed by atoms with E-state index in [1.54, 1.807) is 0 Å². The molecule has 0 unspecified atom stereocenters. The SMILES string of the molecule is c1ccc(-c2nc(-c3ccccc3-c3cc4c5ccccc5c5ccccc5c4c4ccccc34)nc(-c3cccc4c3-c3ccccc3C4(c3ccccc3)c3ccccc3)n2)cc1. The number of benzene rings is 11. The summed E-state index contributed by atoms with van der Waals surface area (Å²) in [5, 5.41) is 9.90. The van der Waals surface area contributed by atoms with Crippen molar-refractivity contribution in [2.24, 2.45) is 0 Å².